The molecule has 1 N–H and O–H groups in total. The lowest BCUT2D eigenvalue weighted by Crippen LogP contribution is -2.37. The number of likely N-dealkylation sites (N-methyl/N-ethyl adjacent to an activating group) is 1. The molecule has 0 fully saturated rings. The van der Waals surface area contributed by atoms with Gasteiger partial charge in [0.1, 0.15) is 19.8 Å². The van der Waals surface area contributed by atoms with Crippen molar-refractivity contribution in [1.29, 1.82) is 0 Å². The number of hydrogen-bond donors (Lipinski definition) is 1. The number of ether oxygens (including phenoxy) is 2. The first-order valence-corrected chi connectivity index (χ1v) is 37.7. The first kappa shape index (κ1) is 82.5. The second kappa shape index (κ2) is 65.9. The Bertz CT molecular complexity index is 1660. The van der Waals surface area contributed by atoms with Gasteiger partial charge in [0.2, 0.25) is 0 Å². The van der Waals surface area contributed by atoms with Crippen LogP contribution in [0.4, 0.5) is 0 Å². The Balaban J connectivity index is 3.95. The average molecular weight is 1210 g/mol. The van der Waals surface area contributed by atoms with Crippen LogP contribution < -0.4 is 0 Å². The number of hydrogen-bond acceptors (Lipinski definition) is 7. The van der Waals surface area contributed by atoms with Crippen LogP contribution in [-0.4, -0.2) is 74.9 Å². The summed E-state index contributed by atoms with van der Waals surface area (Å²) < 4.78 is 34.7. The number of carbonyl (C=O) groups excluding carboxylic acids is 2. The predicted octanol–water partition coefficient (Wildman–Crippen LogP) is 23.6. The summed E-state index contributed by atoms with van der Waals surface area (Å²) in [5, 5.41) is 0. The maximum absolute atomic E-state index is 12.9. The van der Waals surface area contributed by atoms with E-state index in [0.29, 0.717) is 23.9 Å². The first-order chi connectivity index (χ1) is 41.5. The van der Waals surface area contributed by atoms with E-state index < -0.39 is 26.5 Å². The topological polar surface area (TPSA) is 108 Å². The molecule has 0 aromatic rings. The van der Waals surface area contributed by atoms with Crippen LogP contribution in [0.25, 0.3) is 0 Å². The summed E-state index contributed by atoms with van der Waals surface area (Å²) in [7, 11) is 1.49. The molecule has 0 saturated carbocycles. The highest BCUT2D eigenvalue weighted by Gasteiger charge is 2.27. The van der Waals surface area contributed by atoms with Crippen molar-refractivity contribution < 1.29 is 42.1 Å². The second-order valence-corrected chi connectivity index (χ2v) is 27.1. The zero-order valence-electron chi connectivity index (χ0n) is 56.6. The van der Waals surface area contributed by atoms with E-state index in [1.54, 1.807) is 0 Å². The fourth-order valence-electron chi connectivity index (χ4n) is 10.5. The third kappa shape index (κ3) is 70.4. The summed E-state index contributed by atoms with van der Waals surface area (Å²) in [6.45, 7) is 4.38. The fourth-order valence-corrected chi connectivity index (χ4v) is 11.2. The Hall–Kier alpha value is -2.55. The van der Waals surface area contributed by atoms with Crippen molar-refractivity contribution in [1.82, 2.24) is 0 Å². The molecule has 0 radical (unpaired) electrons. The number of unbranched alkanes of at least 4 members (excludes halogenated alkanes) is 41. The summed E-state index contributed by atoms with van der Waals surface area (Å²) in [5.74, 6) is -0.778. The molecule has 2 atom stereocenters. The Kier molecular flexibility index (Phi) is 63.9. The molecule has 0 amide bonds. The van der Waals surface area contributed by atoms with Crippen molar-refractivity contribution in [2.45, 2.75) is 347 Å². The van der Waals surface area contributed by atoms with Gasteiger partial charge < -0.3 is 18.9 Å². The summed E-state index contributed by atoms with van der Waals surface area (Å²) >= 11 is 0. The Morgan fingerprint density at radius 2 is 0.671 bits per heavy atom. The number of phosphoric ester groups is 1. The Labute approximate surface area is 527 Å². The Morgan fingerprint density at radius 1 is 0.376 bits per heavy atom. The minimum atomic E-state index is -4.39. The summed E-state index contributed by atoms with van der Waals surface area (Å²) in [5.41, 5.74) is 0. The molecule has 0 bridgehead atoms. The van der Waals surface area contributed by atoms with E-state index in [2.05, 4.69) is 86.8 Å². The third-order valence-corrected chi connectivity index (χ3v) is 17.0. The van der Waals surface area contributed by atoms with Gasteiger partial charge >= 0.3 is 19.8 Å². The molecule has 0 rings (SSSR count). The maximum Gasteiger partial charge on any atom is 0.472 e. The van der Waals surface area contributed by atoms with Crippen LogP contribution in [0.15, 0.2) is 72.9 Å². The standard InChI is InChI=1S/C75H138NO8P/c1-6-8-10-12-14-16-18-20-22-24-26-28-30-31-32-33-34-35-36-37-38-39-40-41-42-43-44-45-46-48-50-52-54-56-58-60-62-64-66-68-75(78)84-73(72-83-85(79,80)82-70-69-76(3,4)5)71-81-74(77)67-65-63-61-59-57-55-53-51-49-47-29-27-25-23-21-19-17-15-13-11-9-7-2/h8,10,14,16,20,22,26,28,31-32,34-35,73H,6-7,9,11-13,15,17-19,21,23-25,27,29-30,33,36-72H2,1-5H3/p+1/b10-8-,16-14-,22-20-,28-26-,32-31-,35-34-. The van der Waals surface area contributed by atoms with E-state index in [1.165, 1.54) is 238 Å². The lowest BCUT2D eigenvalue weighted by Gasteiger charge is -2.24. The number of quaternary nitrogens is 1. The van der Waals surface area contributed by atoms with Crippen LogP contribution in [0.3, 0.4) is 0 Å². The summed E-state index contributed by atoms with van der Waals surface area (Å²) in [6, 6.07) is 0. The molecule has 9 nitrogen and oxygen atoms in total. The first-order valence-electron chi connectivity index (χ1n) is 36.2. The van der Waals surface area contributed by atoms with Gasteiger partial charge in [0.15, 0.2) is 6.10 Å². The van der Waals surface area contributed by atoms with Gasteiger partial charge in [-0.3, -0.25) is 18.6 Å². The van der Waals surface area contributed by atoms with E-state index in [1.807, 2.05) is 21.1 Å². The van der Waals surface area contributed by atoms with Crippen molar-refractivity contribution in [3.8, 4) is 0 Å². The third-order valence-electron chi connectivity index (χ3n) is 16.0. The largest absolute Gasteiger partial charge is 0.472 e. The zero-order valence-corrected chi connectivity index (χ0v) is 57.5. The van der Waals surface area contributed by atoms with Gasteiger partial charge in [-0.05, 0) is 64.2 Å². The molecule has 496 valence electrons. The molecular formula is C75H139NO8P+. The average Bonchev–Trinajstić information content (AvgIpc) is 3.50. The zero-order chi connectivity index (χ0) is 61.9. The molecule has 85 heavy (non-hydrogen) atoms. The SMILES string of the molecule is CC/C=C\C/C=C\C/C=C\C/C=C\C/C=C\C/C=C\CCCCCCCCCCCCCCCCCCCCCCC(=O)OC(COC(=O)CCCCCCCCCCCCCCCCCCCCCCCC)COP(=O)(O)OCC[N+](C)(C)C. The molecule has 0 aromatic carbocycles. The number of nitrogens with zero attached hydrogens (tertiary/aromatic N) is 1. The van der Waals surface area contributed by atoms with Crippen LogP contribution in [0.1, 0.15) is 341 Å². The monoisotopic (exact) mass is 1210 g/mol. The highest BCUT2D eigenvalue weighted by Crippen LogP contribution is 2.43. The Morgan fingerprint density at radius 3 is 1.00 bits per heavy atom. The lowest BCUT2D eigenvalue weighted by atomic mass is 10.0. The molecule has 0 aliphatic carbocycles. The highest BCUT2D eigenvalue weighted by atomic mass is 31.2. The predicted molar refractivity (Wildman–Crippen MR) is 367 cm³/mol. The van der Waals surface area contributed by atoms with Crippen LogP contribution >= 0.6 is 7.82 Å². The van der Waals surface area contributed by atoms with E-state index >= 15 is 0 Å². The molecule has 0 aromatic heterocycles. The van der Waals surface area contributed by atoms with Gasteiger partial charge in [-0.15, -0.1) is 0 Å². The minimum absolute atomic E-state index is 0.0336. The molecule has 0 saturated heterocycles. The van der Waals surface area contributed by atoms with E-state index in [0.717, 1.165) is 70.6 Å². The molecule has 0 heterocycles. The number of rotatable bonds is 67. The number of allylic oxidation sites excluding steroid dienone is 12. The van der Waals surface area contributed by atoms with Gasteiger partial charge in [-0.2, -0.15) is 0 Å². The van der Waals surface area contributed by atoms with Gasteiger partial charge in [0.25, 0.3) is 0 Å². The quantitative estimate of drug-likeness (QED) is 0.0211. The fraction of sp³-hybridized carbons (Fsp3) is 0.813. The van der Waals surface area contributed by atoms with Crippen molar-refractivity contribution in [3.63, 3.8) is 0 Å². The van der Waals surface area contributed by atoms with Gasteiger partial charge in [0.05, 0.1) is 27.7 Å². The van der Waals surface area contributed by atoms with E-state index in [-0.39, 0.29) is 25.6 Å². The lowest BCUT2D eigenvalue weighted by molar-refractivity contribution is -0.870. The summed E-state index contributed by atoms with van der Waals surface area (Å²) in [4.78, 5) is 35.9. The van der Waals surface area contributed by atoms with Gasteiger partial charge in [-0.25, -0.2) is 4.57 Å². The number of carbonyl (C=O) groups is 2. The van der Waals surface area contributed by atoms with Crippen LogP contribution in [0, 0.1) is 0 Å². The van der Waals surface area contributed by atoms with Gasteiger partial charge in [0, 0.05) is 12.8 Å². The van der Waals surface area contributed by atoms with E-state index in [9.17, 15) is 19.0 Å². The van der Waals surface area contributed by atoms with Crippen molar-refractivity contribution in [3.05, 3.63) is 72.9 Å². The molecule has 2 unspecified atom stereocenters. The summed E-state index contributed by atoms with van der Waals surface area (Å²) in [6.07, 6.45) is 88.8. The van der Waals surface area contributed by atoms with Gasteiger partial charge in [-0.1, -0.05) is 337 Å². The van der Waals surface area contributed by atoms with Crippen molar-refractivity contribution >= 4 is 19.8 Å². The highest BCUT2D eigenvalue weighted by molar-refractivity contribution is 7.47. The van der Waals surface area contributed by atoms with Crippen LogP contribution in [-0.2, 0) is 32.7 Å². The molecule has 0 spiro atoms. The molecule has 0 aliphatic heterocycles. The minimum Gasteiger partial charge on any atom is -0.462 e. The van der Waals surface area contributed by atoms with Crippen LogP contribution in [0.5, 0.6) is 0 Å². The second-order valence-electron chi connectivity index (χ2n) is 25.6. The van der Waals surface area contributed by atoms with Crippen LogP contribution in [0.2, 0.25) is 0 Å². The molecule has 10 heteroatoms. The van der Waals surface area contributed by atoms with E-state index in [4.69, 9.17) is 18.5 Å². The maximum atomic E-state index is 12.9. The number of esters is 2. The molecular weight excluding hydrogens is 1070 g/mol. The smallest absolute Gasteiger partial charge is 0.462 e. The van der Waals surface area contributed by atoms with Crippen molar-refractivity contribution in [2.75, 3.05) is 47.5 Å². The van der Waals surface area contributed by atoms with Crippen molar-refractivity contribution in [2.24, 2.45) is 0 Å². The normalized spacial score (nSPS) is 13.5. The number of phosphoric acid groups is 1. The molecule has 0 aliphatic rings.